The maximum absolute atomic E-state index is 12.8. The Labute approximate surface area is 122 Å². The van der Waals surface area contributed by atoms with Crippen molar-refractivity contribution in [3.05, 3.63) is 0 Å². The quantitative estimate of drug-likeness (QED) is 0.755. The molecule has 0 aromatic carbocycles. The van der Waals surface area contributed by atoms with Crippen LogP contribution < -0.4 is 0 Å². The summed E-state index contributed by atoms with van der Waals surface area (Å²) in [5.41, 5.74) is 0.130. The summed E-state index contributed by atoms with van der Waals surface area (Å²) in [6.07, 6.45) is 13.9. The van der Waals surface area contributed by atoms with Crippen molar-refractivity contribution in [1.82, 2.24) is 0 Å². The summed E-state index contributed by atoms with van der Waals surface area (Å²) in [5, 5.41) is 0. The molecule has 4 aliphatic carbocycles. The number of hydrogen-bond acceptors (Lipinski definition) is 2. The molecule has 4 bridgehead atoms. The van der Waals surface area contributed by atoms with Crippen LogP contribution in [0, 0.1) is 23.2 Å². The first kappa shape index (κ1) is 13.3. The highest BCUT2D eigenvalue weighted by atomic mass is 16.5. The number of Topliss-reactive ketones (excluding diaryl/α,β-unsaturated/α-hetero) is 1. The highest BCUT2D eigenvalue weighted by molar-refractivity contribution is 5.85. The van der Waals surface area contributed by atoms with Crippen molar-refractivity contribution < 1.29 is 9.53 Å². The van der Waals surface area contributed by atoms with Crippen LogP contribution in [0.25, 0.3) is 0 Å². The molecule has 2 heteroatoms. The molecule has 1 heterocycles. The van der Waals surface area contributed by atoms with Gasteiger partial charge >= 0.3 is 0 Å². The second kappa shape index (κ2) is 5.12. The van der Waals surface area contributed by atoms with Gasteiger partial charge in [0.05, 0.1) is 6.10 Å². The van der Waals surface area contributed by atoms with Gasteiger partial charge in [0, 0.05) is 18.4 Å². The molecule has 1 atom stereocenters. The summed E-state index contributed by atoms with van der Waals surface area (Å²) in [7, 11) is 0. The van der Waals surface area contributed by atoms with Crippen molar-refractivity contribution in [2.75, 3.05) is 6.61 Å². The van der Waals surface area contributed by atoms with Gasteiger partial charge < -0.3 is 4.74 Å². The van der Waals surface area contributed by atoms with Crippen molar-refractivity contribution >= 4 is 5.78 Å². The average molecular weight is 276 g/mol. The zero-order valence-electron chi connectivity index (χ0n) is 12.6. The fourth-order valence-corrected chi connectivity index (χ4v) is 6.08. The van der Waals surface area contributed by atoms with E-state index in [1.807, 2.05) is 0 Å². The molecule has 0 amide bonds. The second-order valence-corrected chi connectivity index (χ2v) is 8.15. The van der Waals surface area contributed by atoms with E-state index >= 15 is 0 Å². The Morgan fingerprint density at radius 3 is 2.25 bits per heavy atom. The van der Waals surface area contributed by atoms with Crippen LogP contribution in [0.15, 0.2) is 0 Å². The molecule has 20 heavy (non-hydrogen) atoms. The molecule has 0 radical (unpaired) electrons. The Kier molecular flexibility index (Phi) is 3.41. The zero-order chi connectivity index (χ0) is 13.6. The third-order valence-corrected chi connectivity index (χ3v) is 6.58. The minimum Gasteiger partial charge on any atom is -0.378 e. The Morgan fingerprint density at radius 1 is 1.05 bits per heavy atom. The van der Waals surface area contributed by atoms with Gasteiger partial charge in [-0.25, -0.2) is 0 Å². The molecule has 0 aromatic heterocycles. The van der Waals surface area contributed by atoms with E-state index in [2.05, 4.69) is 0 Å². The minimum absolute atomic E-state index is 0.130. The Morgan fingerprint density at radius 2 is 1.70 bits per heavy atom. The number of carbonyl (C=O) groups excluding carboxylic acids is 1. The van der Waals surface area contributed by atoms with Crippen molar-refractivity contribution in [3.63, 3.8) is 0 Å². The van der Waals surface area contributed by atoms with Crippen LogP contribution in [-0.2, 0) is 9.53 Å². The van der Waals surface area contributed by atoms with Crippen LogP contribution in [0.5, 0.6) is 0 Å². The standard InChI is InChI=1S/C18H28O2/c19-17(5-1-3-16-4-2-6-20-16)18-10-13-7-14(11-18)9-15(8-13)12-18/h13-16H,1-12H2. The van der Waals surface area contributed by atoms with Crippen molar-refractivity contribution in [3.8, 4) is 0 Å². The van der Waals surface area contributed by atoms with E-state index in [-0.39, 0.29) is 5.41 Å². The van der Waals surface area contributed by atoms with Crippen molar-refractivity contribution in [2.24, 2.45) is 23.2 Å². The molecule has 1 saturated heterocycles. The SMILES string of the molecule is O=C(CCCC1CCCO1)C12CC3CC(CC(C3)C1)C2. The summed E-state index contributed by atoms with van der Waals surface area (Å²) in [5.74, 6) is 3.30. The predicted molar refractivity (Wildman–Crippen MR) is 78.4 cm³/mol. The number of ketones is 1. The normalized spacial score (nSPS) is 46.0. The van der Waals surface area contributed by atoms with Crippen LogP contribution in [0.4, 0.5) is 0 Å². The van der Waals surface area contributed by atoms with Crippen LogP contribution in [0.3, 0.4) is 0 Å². The molecule has 0 N–H and O–H groups in total. The number of rotatable bonds is 5. The Hall–Kier alpha value is -0.370. The highest BCUT2D eigenvalue weighted by Gasteiger charge is 2.53. The summed E-state index contributed by atoms with van der Waals surface area (Å²) in [6.45, 7) is 0.938. The van der Waals surface area contributed by atoms with Gasteiger partial charge in [-0.3, -0.25) is 4.79 Å². The smallest absolute Gasteiger partial charge is 0.139 e. The molecule has 112 valence electrons. The molecule has 5 aliphatic rings. The topological polar surface area (TPSA) is 26.3 Å². The van der Waals surface area contributed by atoms with E-state index in [9.17, 15) is 4.79 Å². The molecule has 0 aromatic rings. The van der Waals surface area contributed by atoms with Gasteiger partial charge in [0.2, 0.25) is 0 Å². The van der Waals surface area contributed by atoms with Gasteiger partial charge in [-0.1, -0.05) is 0 Å². The van der Waals surface area contributed by atoms with E-state index in [1.165, 1.54) is 51.4 Å². The Balaban J connectivity index is 1.33. The van der Waals surface area contributed by atoms with Crippen molar-refractivity contribution in [1.29, 1.82) is 0 Å². The third-order valence-electron chi connectivity index (χ3n) is 6.58. The summed E-state index contributed by atoms with van der Waals surface area (Å²) in [6, 6.07) is 0. The van der Waals surface area contributed by atoms with Crippen LogP contribution in [-0.4, -0.2) is 18.5 Å². The van der Waals surface area contributed by atoms with Gasteiger partial charge in [-0.15, -0.1) is 0 Å². The maximum Gasteiger partial charge on any atom is 0.139 e. The van der Waals surface area contributed by atoms with Gasteiger partial charge in [-0.2, -0.15) is 0 Å². The first-order valence-corrected chi connectivity index (χ1v) is 8.88. The predicted octanol–water partition coefficient (Wildman–Crippen LogP) is 4.12. The second-order valence-electron chi connectivity index (χ2n) is 8.15. The first-order valence-electron chi connectivity index (χ1n) is 8.88. The lowest BCUT2D eigenvalue weighted by atomic mass is 9.48. The van der Waals surface area contributed by atoms with E-state index in [0.29, 0.717) is 11.9 Å². The zero-order valence-corrected chi connectivity index (χ0v) is 12.6. The molecule has 5 fully saturated rings. The number of hydrogen-bond donors (Lipinski definition) is 0. The van der Waals surface area contributed by atoms with Gasteiger partial charge in [-0.05, 0) is 82.0 Å². The van der Waals surface area contributed by atoms with E-state index < -0.39 is 0 Å². The average Bonchev–Trinajstić information content (AvgIpc) is 2.90. The Bertz CT molecular complexity index is 346. The van der Waals surface area contributed by atoms with E-state index in [0.717, 1.165) is 43.6 Å². The lowest BCUT2D eigenvalue weighted by Crippen LogP contribution is -2.50. The van der Waals surface area contributed by atoms with E-state index in [1.54, 1.807) is 0 Å². The highest BCUT2D eigenvalue weighted by Crippen LogP contribution is 2.60. The van der Waals surface area contributed by atoms with Gasteiger partial charge in [0.15, 0.2) is 0 Å². The number of ether oxygens (including phenoxy) is 1. The minimum atomic E-state index is 0.130. The first-order chi connectivity index (χ1) is 9.73. The molecule has 4 saturated carbocycles. The van der Waals surface area contributed by atoms with Gasteiger partial charge in [0.25, 0.3) is 0 Å². The van der Waals surface area contributed by atoms with Crippen LogP contribution in [0.2, 0.25) is 0 Å². The molecule has 1 unspecified atom stereocenters. The summed E-state index contributed by atoms with van der Waals surface area (Å²) >= 11 is 0. The largest absolute Gasteiger partial charge is 0.378 e. The molecular formula is C18H28O2. The molecule has 0 spiro atoms. The third kappa shape index (κ3) is 2.34. The maximum atomic E-state index is 12.8. The fourth-order valence-electron chi connectivity index (χ4n) is 6.08. The van der Waals surface area contributed by atoms with Gasteiger partial charge in [0.1, 0.15) is 5.78 Å². The molecular weight excluding hydrogens is 248 g/mol. The van der Waals surface area contributed by atoms with Crippen LogP contribution in [0.1, 0.15) is 70.6 Å². The van der Waals surface area contributed by atoms with Crippen molar-refractivity contribution in [2.45, 2.75) is 76.7 Å². The fraction of sp³-hybridized carbons (Fsp3) is 0.944. The summed E-state index contributed by atoms with van der Waals surface area (Å²) in [4.78, 5) is 12.8. The lowest BCUT2D eigenvalue weighted by Gasteiger charge is -2.56. The lowest BCUT2D eigenvalue weighted by molar-refractivity contribution is -0.144. The molecule has 5 rings (SSSR count). The van der Waals surface area contributed by atoms with Crippen LogP contribution >= 0.6 is 0 Å². The summed E-state index contributed by atoms with van der Waals surface area (Å²) < 4.78 is 5.67. The molecule has 1 aliphatic heterocycles. The molecule has 2 nitrogen and oxygen atoms in total. The van der Waals surface area contributed by atoms with E-state index in [4.69, 9.17) is 4.74 Å². The number of carbonyl (C=O) groups is 1. The monoisotopic (exact) mass is 276 g/mol.